The van der Waals surface area contributed by atoms with Crippen LogP contribution in [0.4, 0.5) is 0 Å². The molecule has 1 aliphatic heterocycles. The molecule has 0 aromatic heterocycles. The van der Waals surface area contributed by atoms with Gasteiger partial charge in [0.2, 0.25) is 0 Å². The molecule has 0 bridgehead atoms. The van der Waals surface area contributed by atoms with Crippen LogP contribution in [0.3, 0.4) is 0 Å². The van der Waals surface area contributed by atoms with Crippen LogP contribution in [0.5, 0.6) is 5.75 Å². The summed E-state index contributed by atoms with van der Waals surface area (Å²) in [4.78, 5) is 9.16. The summed E-state index contributed by atoms with van der Waals surface area (Å²) >= 11 is 0. The number of likely N-dealkylation sites (N-methyl/N-ethyl adjacent to an activating group) is 1. The summed E-state index contributed by atoms with van der Waals surface area (Å²) in [6, 6.07) is 9.14. The molecule has 1 heterocycles. The molecule has 158 valence electrons. The van der Waals surface area contributed by atoms with Gasteiger partial charge in [-0.05, 0) is 38.6 Å². The van der Waals surface area contributed by atoms with Crippen molar-refractivity contribution < 1.29 is 9.47 Å². The Labute approximate surface area is 170 Å². The number of guanidine groups is 1. The van der Waals surface area contributed by atoms with Crippen molar-refractivity contribution in [2.45, 2.75) is 25.9 Å². The predicted octanol–water partition coefficient (Wildman–Crippen LogP) is 1.57. The third-order valence-corrected chi connectivity index (χ3v) is 5.31. The number of rotatable bonds is 9. The van der Waals surface area contributed by atoms with Crippen molar-refractivity contribution in [3.63, 3.8) is 0 Å². The molecule has 0 radical (unpaired) electrons. The minimum absolute atomic E-state index is 0.256. The quantitative estimate of drug-likeness (QED) is 0.492. The fraction of sp³-hybridized carbons (Fsp3) is 0.667. The van der Waals surface area contributed by atoms with Crippen LogP contribution in [0.25, 0.3) is 0 Å². The van der Waals surface area contributed by atoms with Crippen molar-refractivity contribution in [1.29, 1.82) is 0 Å². The van der Waals surface area contributed by atoms with E-state index in [2.05, 4.69) is 58.5 Å². The molecular weight excluding hydrogens is 354 g/mol. The van der Waals surface area contributed by atoms with Gasteiger partial charge in [0, 0.05) is 45.8 Å². The summed E-state index contributed by atoms with van der Waals surface area (Å²) in [5.41, 5.74) is 1.27. The number of aliphatic imine (C=N–C) groups is 1. The number of benzene rings is 1. The highest BCUT2D eigenvalue weighted by molar-refractivity contribution is 5.79. The van der Waals surface area contributed by atoms with E-state index >= 15 is 0 Å². The molecule has 7 heteroatoms. The number of hydrogen-bond donors (Lipinski definition) is 2. The van der Waals surface area contributed by atoms with Crippen LogP contribution < -0.4 is 15.4 Å². The van der Waals surface area contributed by atoms with E-state index in [1.807, 2.05) is 19.2 Å². The molecule has 1 saturated heterocycles. The Bertz CT molecular complexity index is 585. The highest BCUT2D eigenvalue weighted by atomic mass is 16.5. The van der Waals surface area contributed by atoms with E-state index in [0.717, 1.165) is 57.6 Å². The van der Waals surface area contributed by atoms with E-state index in [4.69, 9.17) is 9.47 Å². The molecule has 0 aliphatic carbocycles. The molecule has 1 aromatic rings. The summed E-state index contributed by atoms with van der Waals surface area (Å²) < 4.78 is 10.8. The molecule has 0 saturated carbocycles. The summed E-state index contributed by atoms with van der Waals surface area (Å²) in [7, 11) is 5.65. The molecule has 1 aromatic carbocycles. The third kappa shape index (κ3) is 6.96. The van der Waals surface area contributed by atoms with Crippen LogP contribution in [-0.4, -0.2) is 88.9 Å². The molecule has 7 nitrogen and oxygen atoms in total. The van der Waals surface area contributed by atoms with Crippen molar-refractivity contribution in [1.82, 2.24) is 20.4 Å². The molecule has 1 atom stereocenters. The first-order chi connectivity index (χ1) is 13.5. The Kier molecular flexibility index (Phi) is 9.54. The zero-order valence-electron chi connectivity index (χ0n) is 18.1. The van der Waals surface area contributed by atoms with E-state index in [1.54, 1.807) is 7.11 Å². The van der Waals surface area contributed by atoms with Gasteiger partial charge in [0.25, 0.3) is 0 Å². The van der Waals surface area contributed by atoms with Gasteiger partial charge in [0.05, 0.1) is 26.4 Å². The lowest BCUT2D eigenvalue weighted by molar-refractivity contribution is 0.0170. The average molecular weight is 392 g/mol. The topological polar surface area (TPSA) is 61.4 Å². The normalized spacial score (nSPS) is 17.0. The van der Waals surface area contributed by atoms with Crippen LogP contribution in [0, 0.1) is 0 Å². The SMILES string of the molecule is CN=C(NCCN(C)C(C)C)NCC(c1ccc(OC)cc1)N1CCOCC1. The highest BCUT2D eigenvalue weighted by Gasteiger charge is 2.23. The zero-order valence-corrected chi connectivity index (χ0v) is 18.1. The second-order valence-corrected chi connectivity index (χ2v) is 7.39. The van der Waals surface area contributed by atoms with Gasteiger partial charge in [-0.1, -0.05) is 12.1 Å². The number of methoxy groups -OCH3 is 1. The molecule has 2 N–H and O–H groups in total. The van der Waals surface area contributed by atoms with Crippen LogP contribution in [0.15, 0.2) is 29.3 Å². The van der Waals surface area contributed by atoms with Crippen molar-refractivity contribution in [3.05, 3.63) is 29.8 Å². The molecule has 0 amide bonds. The van der Waals surface area contributed by atoms with Crippen molar-refractivity contribution in [3.8, 4) is 5.75 Å². The molecular formula is C21H37N5O2. The first kappa shape index (κ1) is 22.5. The lowest BCUT2D eigenvalue weighted by Gasteiger charge is -2.35. The van der Waals surface area contributed by atoms with E-state index in [9.17, 15) is 0 Å². The molecule has 1 fully saturated rings. The fourth-order valence-corrected chi connectivity index (χ4v) is 3.20. The maximum atomic E-state index is 5.54. The average Bonchev–Trinajstić information content (AvgIpc) is 2.73. The third-order valence-electron chi connectivity index (χ3n) is 5.31. The summed E-state index contributed by atoms with van der Waals surface area (Å²) in [6.45, 7) is 10.5. The monoisotopic (exact) mass is 391 g/mol. The Balaban J connectivity index is 1.96. The van der Waals surface area contributed by atoms with Crippen molar-refractivity contribution in [2.75, 3.05) is 67.1 Å². The van der Waals surface area contributed by atoms with Gasteiger partial charge >= 0.3 is 0 Å². The zero-order chi connectivity index (χ0) is 20.4. The summed E-state index contributed by atoms with van der Waals surface area (Å²) in [5, 5.41) is 6.92. The first-order valence-electron chi connectivity index (χ1n) is 10.2. The van der Waals surface area contributed by atoms with Crippen LogP contribution in [0.1, 0.15) is 25.5 Å². The van der Waals surface area contributed by atoms with Gasteiger partial charge in [-0.2, -0.15) is 0 Å². The smallest absolute Gasteiger partial charge is 0.191 e. The second-order valence-electron chi connectivity index (χ2n) is 7.39. The van der Waals surface area contributed by atoms with E-state index in [-0.39, 0.29) is 6.04 Å². The van der Waals surface area contributed by atoms with E-state index in [1.165, 1.54) is 5.56 Å². The lowest BCUT2D eigenvalue weighted by atomic mass is 10.0. The van der Waals surface area contributed by atoms with Crippen molar-refractivity contribution >= 4 is 5.96 Å². The number of ether oxygens (including phenoxy) is 2. The minimum Gasteiger partial charge on any atom is -0.497 e. The van der Waals surface area contributed by atoms with E-state index in [0.29, 0.717) is 6.04 Å². The van der Waals surface area contributed by atoms with Gasteiger partial charge in [0.15, 0.2) is 5.96 Å². The minimum atomic E-state index is 0.256. The number of morpholine rings is 1. The van der Waals surface area contributed by atoms with Crippen LogP contribution >= 0.6 is 0 Å². The maximum Gasteiger partial charge on any atom is 0.191 e. The predicted molar refractivity (Wildman–Crippen MR) is 115 cm³/mol. The van der Waals surface area contributed by atoms with Gasteiger partial charge in [-0.25, -0.2) is 0 Å². The second kappa shape index (κ2) is 11.9. The number of hydrogen-bond acceptors (Lipinski definition) is 5. The number of nitrogens with zero attached hydrogens (tertiary/aromatic N) is 3. The Morgan fingerprint density at radius 2 is 1.89 bits per heavy atom. The summed E-state index contributed by atoms with van der Waals surface area (Å²) in [5.74, 6) is 1.72. The molecule has 1 aliphatic rings. The maximum absolute atomic E-state index is 5.54. The van der Waals surface area contributed by atoms with Gasteiger partial charge < -0.3 is 25.0 Å². The summed E-state index contributed by atoms with van der Waals surface area (Å²) in [6.07, 6.45) is 0. The molecule has 2 rings (SSSR count). The van der Waals surface area contributed by atoms with Crippen molar-refractivity contribution in [2.24, 2.45) is 4.99 Å². The molecule has 28 heavy (non-hydrogen) atoms. The van der Waals surface area contributed by atoms with Crippen LogP contribution in [-0.2, 0) is 4.74 Å². The Hall–Kier alpha value is -1.83. The standard InChI is InChI=1S/C21H37N5O2/c1-17(2)25(4)11-10-23-21(22-3)24-16-20(26-12-14-28-15-13-26)18-6-8-19(27-5)9-7-18/h6-9,17,20H,10-16H2,1-5H3,(H2,22,23,24). The number of nitrogens with one attached hydrogen (secondary N) is 2. The first-order valence-corrected chi connectivity index (χ1v) is 10.2. The van der Waals surface area contributed by atoms with Gasteiger partial charge in [0.1, 0.15) is 5.75 Å². The lowest BCUT2D eigenvalue weighted by Crippen LogP contribution is -2.47. The van der Waals surface area contributed by atoms with Crippen LogP contribution in [0.2, 0.25) is 0 Å². The largest absolute Gasteiger partial charge is 0.497 e. The molecule has 0 spiro atoms. The molecule has 1 unspecified atom stereocenters. The van der Waals surface area contributed by atoms with Gasteiger partial charge in [-0.15, -0.1) is 0 Å². The van der Waals surface area contributed by atoms with E-state index < -0.39 is 0 Å². The highest BCUT2D eigenvalue weighted by Crippen LogP contribution is 2.23. The Morgan fingerprint density at radius 3 is 2.46 bits per heavy atom. The fourth-order valence-electron chi connectivity index (χ4n) is 3.20. The Morgan fingerprint density at radius 1 is 1.21 bits per heavy atom. The van der Waals surface area contributed by atoms with Gasteiger partial charge in [-0.3, -0.25) is 9.89 Å².